The number of nitrogens with zero attached hydrogens (tertiary/aromatic N) is 2. The number of ether oxygens (including phenoxy) is 1. The molecule has 1 aliphatic heterocycles. The zero-order valence-electron chi connectivity index (χ0n) is 13.9. The van der Waals surface area contributed by atoms with Crippen LogP contribution in [-0.2, 0) is 7.05 Å². The van der Waals surface area contributed by atoms with Crippen molar-refractivity contribution in [3.8, 4) is 5.75 Å². The molecule has 5 heteroatoms. The minimum atomic E-state index is 0.694. The van der Waals surface area contributed by atoms with E-state index in [4.69, 9.17) is 4.74 Å². The maximum absolute atomic E-state index is 5.63. The van der Waals surface area contributed by atoms with Gasteiger partial charge in [-0.3, -0.25) is 0 Å². The van der Waals surface area contributed by atoms with E-state index in [9.17, 15) is 0 Å². The zero-order chi connectivity index (χ0) is 16.7. The molecule has 1 aromatic heterocycles. The third-order valence-electron chi connectivity index (χ3n) is 4.17. The molecule has 0 amide bonds. The van der Waals surface area contributed by atoms with Gasteiger partial charge in [0.2, 0.25) is 5.52 Å². The maximum Gasteiger partial charge on any atom is 0.265 e. The van der Waals surface area contributed by atoms with Gasteiger partial charge >= 0.3 is 0 Å². The molecule has 3 aromatic rings. The van der Waals surface area contributed by atoms with Crippen LogP contribution in [0.5, 0.6) is 5.75 Å². The van der Waals surface area contributed by atoms with E-state index >= 15 is 0 Å². The summed E-state index contributed by atoms with van der Waals surface area (Å²) in [5.41, 5.74) is 2.51. The summed E-state index contributed by atoms with van der Waals surface area (Å²) in [5.74, 6) is 0.936. The Hall–Kier alpha value is -1.98. The van der Waals surface area contributed by atoms with Gasteiger partial charge in [0.15, 0.2) is 0 Å². The average molecular weight is 356 g/mol. The van der Waals surface area contributed by atoms with Crippen LogP contribution in [-0.4, -0.2) is 13.7 Å². The Balaban J connectivity index is 1.74. The lowest BCUT2D eigenvalue weighted by Crippen LogP contribution is -2.29. The molecular weight excluding hydrogens is 336 g/mol. The number of fused-ring (bicyclic) bond motifs is 2. The second-order valence-electron chi connectivity index (χ2n) is 5.67. The summed E-state index contributed by atoms with van der Waals surface area (Å²) in [6.45, 7) is 2.71. The fourth-order valence-electron chi connectivity index (χ4n) is 2.89. The maximum atomic E-state index is 5.63. The third-order valence-corrected chi connectivity index (χ3v) is 6.48. The van der Waals surface area contributed by atoms with Crippen molar-refractivity contribution in [2.45, 2.75) is 11.8 Å². The first-order valence-electron chi connectivity index (χ1n) is 7.95. The molecule has 0 spiro atoms. The fourth-order valence-corrected chi connectivity index (χ4v) is 5.17. The third kappa shape index (κ3) is 2.58. The summed E-state index contributed by atoms with van der Waals surface area (Å²) in [4.78, 5) is 3.57. The van der Waals surface area contributed by atoms with Crippen LogP contribution in [0, 0.1) is 0 Å². The van der Waals surface area contributed by atoms with Crippen molar-refractivity contribution >= 4 is 45.1 Å². The molecule has 0 fully saturated rings. The smallest absolute Gasteiger partial charge is 0.265 e. The van der Waals surface area contributed by atoms with E-state index in [0.717, 1.165) is 5.75 Å². The summed E-state index contributed by atoms with van der Waals surface area (Å²) < 4.78 is 9.12. The SMILES string of the molecule is CCOc1ccc2c(c1)sc(/C=C1\Sc3ccccc3N1C)[n+]2C. The van der Waals surface area contributed by atoms with Crippen LogP contribution < -0.4 is 14.2 Å². The predicted octanol–water partition coefficient (Wildman–Crippen LogP) is 4.67. The van der Waals surface area contributed by atoms with Crippen LogP contribution in [0.2, 0.25) is 0 Å². The summed E-state index contributed by atoms with van der Waals surface area (Å²) in [6, 6.07) is 14.8. The highest BCUT2D eigenvalue weighted by atomic mass is 32.2. The Morgan fingerprint density at radius 1 is 1.21 bits per heavy atom. The molecule has 0 bridgehead atoms. The summed E-state index contributed by atoms with van der Waals surface area (Å²) >= 11 is 3.62. The first-order valence-corrected chi connectivity index (χ1v) is 9.58. The average Bonchev–Trinajstić information content (AvgIpc) is 3.06. The molecular formula is C19H19N2OS2+. The molecule has 3 nitrogen and oxygen atoms in total. The number of rotatable bonds is 3. The molecule has 2 aromatic carbocycles. The predicted molar refractivity (Wildman–Crippen MR) is 103 cm³/mol. The first-order chi connectivity index (χ1) is 11.7. The Bertz CT molecular complexity index is 946. The van der Waals surface area contributed by atoms with Crippen LogP contribution >= 0.6 is 23.1 Å². The number of aryl methyl sites for hydroxylation is 1. The van der Waals surface area contributed by atoms with E-state index in [1.807, 2.05) is 24.8 Å². The van der Waals surface area contributed by atoms with Crippen LogP contribution in [0.1, 0.15) is 11.9 Å². The molecule has 1 aliphatic rings. The number of anilines is 1. The molecule has 24 heavy (non-hydrogen) atoms. The number of thioether (sulfide) groups is 1. The lowest BCUT2D eigenvalue weighted by Gasteiger charge is -2.12. The van der Waals surface area contributed by atoms with Gasteiger partial charge in [-0.05, 0) is 25.1 Å². The molecule has 0 atom stereocenters. The Morgan fingerprint density at radius 3 is 2.83 bits per heavy atom. The molecule has 0 aliphatic carbocycles. The highest BCUT2D eigenvalue weighted by Crippen LogP contribution is 2.45. The monoisotopic (exact) mass is 355 g/mol. The minimum absolute atomic E-state index is 0.694. The molecule has 122 valence electrons. The van der Waals surface area contributed by atoms with Crippen LogP contribution in [0.25, 0.3) is 16.3 Å². The van der Waals surface area contributed by atoms with Gasteiger partial charge in [0.25, 0.3) is 5.01 Å². The molecule has 0 N–H and O–H groups in total. The van der Waals surface area contributed by atoms with Crippen molar-refractivity contribution in [3.63, 3.8) is 0 Å². The lowest BCUT2D eigenvalue weighted by atomic mass is 10.3. The van der Waals surface area contributed by atoms with E-state index < -0.39 is 0 Å². The second kappa shape index (κ2) is 6.15. The van der Waals surface area contributed by atoms with Crippen LogP contribution in [0.4, 0.5) is 5.69 Å². The van der Waals surface area contributed by atoms with E-state index in [1.165, 1.54) is 30.8 Å². The van der Waals surface area contributed by atoms with E-state index in [2.05, 4.69) is 66.0 Å². The van der Waals surface area contributed by atoms with E-state index in [1.54, 1.807) is 11.3 Å². The molecule has 4 rings (SSSR count). The molecule has 0 saturated heterocycles. The van der Waals surface area contributed by atoms with Gasteiger partial charge in [-0.15, -0.1) is 0 Å². The lowest BCUT2D eigenvalue weighted by molar-refractivity contribution is -0.642. The zero-order valence-corrected chi connectivity index (χ0v) is 15.6. The van der Waals surface area contributed by atoms with Gasteiger partial charge in [-0.2, -0.15) is 4.57 Å². The Kier molecular flexibility index (Phi) is 3.98. The van der Waals surface area contributed by atoms with E-state index in [-0.39, 0.29) is 0 Å². The Morgan fingerprint density at radius 2 is 2.04 bits per heavy atom. The van der Waals surface area contributed by atoms with Crippen molar-refractivity contribution in [3.05, 3.63) is 52.5 Å². The largest absolute Gasteiger partial charge is 0.494 e. The van der Waals surface area contributed by atoms with E-state index in [0.29, 0.717) is 6.61 Å². The number of thiazole rings is 1. The number of hydrogen-bond acceptors (Lipinski definition) is 4. The number of aromatic nitrogens is 1. The summed E-state index contributed by atoms with van der Waals surface area (Å²) in [6.07, 6.45) is 2.27. The molecule has 0 unspecified atom stereocenters. The first kappa shape index (κ1) is 15.5. The van der Waals surface area contributed by atoms with Crippen molar-refractivity contribution in [2.24, 2.45) is 7.05 Å². The van der Waals surface area contributed by atoms with Gasteiger partial charge in [-0.1, -0.05) is 35.2 Å². The van der Waals surface area contributed by atoms with Crippen molar-refractivity contribution in [1.29, 1.82) is 0 Å². The molecule has 2 heterocycles. The number of benzene rings is 2. The van der Waals surface area contributed by atoms with Gasteiger partial charge < -0.3 is 9.64 Å². The standard InChI is InChI=1S/C19H19N2OS2/c1-4-22-13-9-10-15-17(11-13)24-19(21(15)3)12-18-20(2)14-7-5-6-8-16(14)23-18/h5-12H,4H2,1-3H3/q+1. The minimum Gasteiger partial charge on any atom is -0.494 e. The summed E-state index contributed by atoms with van der Waals surface area (Å²) in [5, 5.41) is 2.49. The highest BCUT2D eigenvalue weighted by molar-refractivity contribution is 8.03. The van der Waals surface area contributed by atoms with Crippen molar-refractivity contribution in [1.82, 2.24) is 0 Å². The fraction of sp³-hybridized carbons (Fsp3) is 0.211. The summed E-state index contributed by atoms with van der Waals surface area (Å²) in [7, 11) is 4.25. The van der Waals surface area contributed by atoms with Crippen LogP contribution in [0.3, 0.4) is 0 Å². The molecule has 0 radical (unpaired) electrons. The van der Waals surface area contributed by atoms with Gasteiger partial charge in [0.1, 0.15) is 17.5 Å². The highest BCUT2D eigenvalue weighted by Gasteiger charge is 2.24. The van der Waals surface area contributed by atoms with Crippen molar-refractivity contribution < 1.29 is 9.30 Å². The van der Waals surface area contributed by atoms with Gasteiger partial charge in [0.05, 0.1) is 23.4 Å². The Labute approximate surface area is 150 Å². The topological polar surface area (TPSA) is 16.4 Å². The van der Waals surface area contributed by atoms with Crippen LogP contribution in [0.15, 0.2) is 52.4 Å². The molecule has 0 saturated carbocycles. The normalized spacial score (nSPS) is 15.3. The van der Waals surface area contributed by atoms with Gasteiger partial charge in [0, 0.05) is 24.1 Å². The quantitative estimate of drug-likeness (QED) is 0.636. The number of para-hydroxylation sites is 1. The van der Waals surface area contributed by atoms with Crippen molar-refractivity contribution in [2.75, 3.05) is 18.6 Å². The van der Waals surface area contributed by atoms with Gasteiger partial charge in [-0.25, -0.2) is 0 Å². The second-order valence-corrected chi connectivity index (χ2v) is 7.80. The number of hydrogen-bond donors (Lipinski definition) is 0.